The van der Waals surface area contributed by atoms with Gasteiger partial charge in [0, 0.05) is 18.4 Å². The van der Waals surface area contributed by atoms with Gasteiger partial charge in [-0.05, 0) is 25.8 Å². The fourth-order valence-corrected chi connectivity index (χ4v) is 2.81. The van der Waals surface area contributed by atoms with Crippen LogP contribution in [0.1, 0.15) is 58.3 Å². The summed E-state index contributed by atoms with van der Waals surface area (Å²) in [5, 5.41) is 0.963. The summed E-state index contributed by atoms with van der Waals surface area (Å²) in [6.07, 6.45) is 11.4. The van der Waals surface area contributed by atoms with Crippen LogP contribution in [0.25, 0.3) is 0 Å². The van der Waals surface area contributed by atoms with Gasteiger partial charge in [0.25, 0.3) is 0 Å². The highest BCUT2D eigenvalue weighted by molar-refractivity contribution is 9.09. The number of alkyl halides is 1. The molecule has 1 heterocycles. The van der Waals surface area contributed by atoms with Crippen LogP contribution in [0.15, 0.2) is 0 Å². The van der Waals surface area contributed by atoms with E-state index >= 15 is 0 Å². The van der Waals surface area contributed by atoms with E-state index < -0.39 is 0 Å². The summed E-state index contributed by atoms with van der Waals surface area (Å²) >= 11 is 3.41. The van der Waals surface area contributed by atoms with Crippen LogP contribution >= 0.6 is 15.9 Å². The number of unbranched alkanes of at least 4 members (excludes halogenated alkanes) is 5. The molecule has 1 aliphatic heterocycles. The molecule has 0 spiro atoms. The van der Waals surface area contributed by atoms with Gasteiger partial charge in [0.05, 0.1) is 12.7 Å². The van der Waals surface area contributed by atoms with Gasteiger partial charge >= 0.3 is 0 Å². The standard InChI is InChI=1S/C15H30BrNO/c1-2-3-4-5-6-7-11-17-12-8-15(9-13-17)18-14-10-16/h15H,2-14H2,1H3. The summed E-state index contributed by atoms with van der Waals surface area (Å²) in [5.74, 6) is 0. The monoisotopic (exact) mass is 319 g/mol. The topological polar surface area (TPSA) is 12.5 Å². The molecule has 1 aliphatic rings. The van der Waals surface area contributed by atoms with Crippen LogP contribution in [0.2, 0.25) is 0 Å². The maximum atomic E-state index is 5.78. The number of hydrogen-bond acceptors (Lipinski definition) is 2. The first-order valence-electron chi connectivity index (χ1n) is 7.76. The number of rotatable bonds is 10. The molecule has 0 amide bonds. The van der Waals surface area contributed by atoms with E-state index in [4.69, 9.17) is 4.74 Å². The molecule has 1 fully saturated rings. The molecule has 3 heteroatoms. The van der Waals surface area contributed by atoms with Crippen molar-refractivity contribution in [1.29, 1.82) is 0 Å². The average molecular weight is 320 g/mol. The van der Waals surface area contributed by atoms with E-state index in [9.17, 15) is 0 Å². The van der Waals surface area contributed by atoms with E-state index in [-0.39, 0.29) is 0 Å². The number of likely N-dealkylation sites (tertiary alicyclic amines) is 1. The van der Waals surface area contributed by atoms with Crippen LogP contribution in [0.4, 0.5) is 0 Å². The maximum Gasteiger partial charge on any atom is 0.0599 e. The van der Waals surface area contributed by atoms with Gasteiger partial charge in [-0.25, -0.2) is 0 Å². The summed E-state index contributed by atoms with van der Waals surface area (Å²) in [5.41, 5.74) is 0. The zero-order valence-corrected chi connectivity index (χ0v) is 13.6. The molecule has 0 aromatic carbocycles. The molecular weight excluding hydrogens is 290 g/mol. The van der Waals surface area contributed by atoms with Crippen molar-refractivity contribution in [3.05, 3.63) is 0 Å². The van der Waals surface area contributed by atoms with E-state index in [1.165, 1.54) is 71.0 Å². The number of ether oxygens (including phenoxy) is 1. The lowest BCUT2D eigenvalue weighted by atomic mass is 10.1. The molecule has 2 nitrogen and oxygen atoms in total. The highest BCUT2D eigenvalue weighted by atomic mass is 79.9. The van der Waals surface area contributed by atoms with Crippen LogP contribution in [-0.2, 0) is 4.74 Å². The first-order valence-corrected chi connectivity index (χ1v) is 8.89. The second-order valence-corrected chi connectivity index (χ2v) is 6.16. The van der Waals surface area contributed by atoms with Crippen molar-refractivity contribution in [2.45, 2.75) is 64.4 Å². The van der Waals surface area contributed by atoms with E-state index in [1.807, 2.05) is 0 Å². The van der Waals surface area contributed by atoms with Crippen molar-refractivity contribution >= 4 is 15.9 Å². The van der Waals surface area contributed by atoms with Gasteiger partial charge in [-0.3, -0.25) is 0 Å². The highest BCUT2D eigenvalue weighted by Crippen LogP contribution is 2.15. The first kappa shape index (κ1) is 16.5. The molecule has 0 aromatic heterocycles. The van der Waals surface area contributed by atoms with Crippen molar-refractivity contribution in [3.8, 4) is 0 Å². The molecular formula is C15H30BrNO. The first-order chi connectivity index (χ1) is 8.86. The summed E-state index contributed by atoms with van der Waals surface area (Å²) < 4.78 is 5.78. The summed E-state index contributed by atoms with van der Waals surface area (Å²) in [6.45, 7) is 6.92. The summed E-state index contributed by atoms with van der Waals surface area (Å²) in [7, 11) is 0. The van der Waals surface area contributed by atoms with Gasteiger partial charge in [0.2, 0.25) is 0 Å². The van der Waals surface area contributed by atoms with E-state index in [2.05, 4.69) is 27.8 Å². The van der Waals surface area contributed by atoms with Crippen molar-refractivity contribution in [2.75, 3.05) is 31.6 Å². The molecule has 0 atom stereocenters. The fraction of sp³-hybridized carbons (Fsp3) is 1.00. The Kier molecular flexibility index (Phi) is 10.3. The number of hydrogen-bond donors (Lipinski definition) is 0. The number of piperidine rings is 1. The Morgan fingerprint density at radius 1 is 1.06 bits per heavy atom. The Bertz CT molecular complexity index is 181. The molecule has 0 saturated carbocycles. The van der Waals surface area contributed by atoms with Gasteiger partial charge in [-0.2, -0.15) is 0 Å². The number of halogens is 1. The smallest absolute Gasteiger partial charge is 0.0599 e. The van der Waals surface area contributed by atoms with Gasteiger partial charge in [0.15, 0.2) is 0 Å². The Morgan fingerprint density at radius 3 is 2.39 bits per heavy atom. The van der Waals surface area contributed by atoms with E-state index in [0.29, 0.717) is 6.10 Å². The number of nitrogens with zero attached hydrogens (tertiary/aromatic N) is 1. The van der Waals surface area contributed by atoms with Crippen molar-refractivity contribution in [1.82, 2.24) is 4.90 Å². The minimum absolute atomic E-state index is 0.517. The fourth-order valence-electron chi connectivity index (χ4n) is 2.63. The SMILES string of the molecule is CCCCCCCCN1CCC(OCCBr)CC1. The van der Waals surface area contributed by atoms with Crippen LogP contribution in [0.5, 0.6) is 0 Å². The maximum absolute atomic E-state index is 5.78. The lowest BCUT2D eigenvalue weighted by Crippen LogP contribution is -2.37. The molecule has 0 aromatic rings. The average Bonchev–Trinajstić information content (AvgIpc) is 2.42. The quantitative estimate of drug-likeness (QED) is 0.441. The van der Waals surface area contributed by atoms with E-state index in [1.54, 1.807) is 0 Å². The Hall–Kier alpha value is 0.400. The Balaban J connectivity index is 1.92. The third-order valence-electron chi connectivity index (χ3n) is 3.79. The molecule has 1 rings (SSSR count). The van der Waals surface area contributed by atoms with Crippen molar-refractivity contribution in [2.24, 2.45) is 0 Å². The van der Waals surface area contributed by atoms with Gasteiger partial charge in [-0.1, -0.05) is 55.0 Å². The second-order valence-electron chi connectivity index (χ2n) is 5.37. The molecule has 0 aliphatic carbocycles. The normalized spacial score (nSPS) is 18.3. The van der Waals surface area contributed by atoms with Crippen LogP contribution in [0, 0.1) is 0 Å². The largest absolute Gasteiger partial charge is 0.377 e. The predicted octanol–water partition coefficient (Wildman–Crippen LogP) is 4.22. The van der Waals surface area contributed by atoms with Gasteiger partial charge in [-0.15, -0.1) is 0 Å². The van der Waals surface area contributed by atoms with Gasteiger partial charge in [0.1, 0.15) is 0 Å². The van der Waals surface area contributed by atoms with Crippen LogP contribution < -0.4 is 0 Å². The molecule has 0 radical (unpaired) electrons. The molecule has 108 valence electrons. The summed E-state index contributed by atoms with van der Waals surface area (Å²) in [4.78, 5) is 2.62. The highest BCUT2D eigenvalue weighted by Gasteiger charge is 2.18. The second kappa shape index (κ2) is 11.2. The van der Waals surface area contributed by atoms with E-state index in [0.717, 1.165) is 11.9 Å². The minimum Gasteiger partial charge on any atom is -0.377 e. The third kappa shape index (κ3) is 7.75. The molecule has 1 saturated heterocycles. The zero-order valence-electron chi connectivity index (χ0n) is 12.0. The lowest BCUT2D eigenvalue weighted by molar-refractivity contribution is 0.0156. The Morgan fingerprint density at radius 2 is 1.72 bits per heavy atom. The van der Waals surface area contributed by atoms with Gasteiger partial charge < -0.3 is 9.64 Å². The molecule has 0 bridgehead atoms. The van der Waals surface area contributed by atoms with Crippen molar-refractivity contribution < 1.29 is 4.74 Å². The van der Waals surface area contributed by atoms with Crippen LogP contribution in [-0.4, -0.2) is 42.6 Å². The lowest BCUT2D eigenvalue weighted by Gasteiger charge is -2.31. The Labute approximate surface area is 122 Å². The minimum atomic E-state index is 0.517. The summed E-state index contributed by atoms with van der Waals surface area (Å²) in [6, 6.07) is 0. The molecule has 18 heavy (non-hydrogen) atoms. The molecule has 0 N–H and O–H groups in total. The third-order valence-corrected chi connectivity index (χ3v) is 4.12. The molecule has 0 unspecified atom stereocenters. The van der Waals surface area contributed by atoms with Crippen LogP contribution in [0.3, 0.4) is 0 Å². The zero-order chi connectivity index (χ0) is 13.1. The van der Waals surface area contributed by atoms with Crippen molar-refractivity contribution in [3.63, 3.8) is 0 Å². The predicted molar refractivity (Wildman–Crippen MR) is 82.6 cm³/mol.